The second kappa shape index (κ2) is 7.92. The van der Waals surface area contributed by atoms with Gasteiger partial charge in [0.05, 0.1) is 0 Å². The molecule has 20 heavy (non-hydrogen) atoms. The Morgan fingerprint density at radius 1 is 0.800 bits per heavy atom. The molecule has 2 aromatic carbocycles. The zero-order valence-corrected chi connectivity index (χ0v) is 12.8. The van der Waals surface area contributed by atoms with Gasteiger partial charge in [0.15, 0.2) is 0 Å². The largest absolute Gasteiger partial charge is 0.490 e. The molecule has 0 aromatic heterocycles. The standard InChI is InChI=1S/C16H18BrNO2/c17-14-3-7-16(8-4-14)20-12-11-19-15-5-1-13(2-6-15)9-10-18/h1-8H,9-12,18H2. The molecule has 0 atom stereocenters. The highest BCUT2D eigenvalue weighted by atomic mass is 79.9. The summed E-state index contributed by atoms with van der Waals surface area (Å²) in [5.41, 5.74) is 6.74. The molecule has 2 rings (SSSR count). The Hall–Kier alpha value is -1.52. The van der Waals surface area contributed by atoms with Gasteiger partial charge in [-0.1, -0.05) is 28.1 Å². The van der Waals surface area contributed by atoms with Gasteiger partial charge in [-0.15, -0.1) is 0 Å². The van der Waals surface area contributed by atoms with Crippen LogP contribution in [0.25, 0.3) is 0 Å². The monoisotopic (exact) mass is 335 g/mol. The first-order valence-electron chi connectivity index (χ1n) is 6.58. The van der Waals surface area contributed by atoms with Crippen LogP contribution in [0.1, 0.15) is 5.56 Å². The van der Waals surface area contributed by atoms with E-state index in [2.05, 4.69) is 15.9 Å². The van der Waals surface area contributed by atoms with E-state index in [0.29, 0.717) is 19.8 Å². The summed E-state index contributed by atoms with van der Waals surface area (Å²) in [6.45, 7) is 1.71. The lowest BCUT2D eigenvalue weighted by molar-refractivity contribution is 0.217. The summed E-state index contributed by atoms with van der Waals surface area (Å²) < 4.78 is 12.2. The Morgan fingerprint density at radius 3 is 1.80 bits per heavy atom. The first-order chi connectivity index (χ1) is 9.78. The summed E-state index contributed by atoms with van der Waals surface area (Å²) >= 11 is 3.39. The minimum atomic E-state index is 0.520. The highest BCUT2D eigenvalue weighted by Crippen LogP contribution is 2.16. The summed E-state index contributed by atoms with van der Waals surface area (Å²) in [4.78, 5) is 0. The third kappa shape index (κ3) is 4.87. The van der Waals surface area contributed by atoms with Crippen molar-refractivity contribution in [3.63, 3.8) is 0 Å². The van der Waals surface area contributed by atoms with E-state index in [1.807, 2.05) is 48.5 Å². The van der Waals surface area contributed by atoms with Crippen LogP contribution in [-0.4, -0.2) is 19.8 Å². The van der Waals surface area contributed by atoms with E-state index in [4.69, 9.17) is 15.2 Å². The predicted molar refractivity (Wildman–Crippen MR) is 84.3 cm³/mol. The Bertz CT molecular complexity index is 511. The maximum absolute atomic E-state index is 5.62. The molecule has 4 heteroatoms. The highest BCUT2D eigenvalue weighted by Gasteiger charge is 1.97. The lowest BCUT2D eigenvalue weighted by Gasteiger charge is -2.09. The molecule has 0 aliphatic carbocycles. The topological polar surface area (TPSA) is 44.5 Å². The minimum absolute atomic E-state index is 0.520. The van der Waals surface area contributed by atoms with Crippen LogP contribution in [0.5, 0.6) is 11.5 Å². The van der Waals surface area contributed by atoms with E-state index in [-0.39, 0.29) is 0 Å². The van der Waals surface area contributed by atoms with Crippen LogP contribution < -0.4 is 15.2 Å². The van der Waals surface area contributed by atoms with E-state index >= 15 is 0 Å². The van der Waals surface area contributed by atoms with E-state index in [1.54, 1.807) is 0 Å². The van der Waals surface area contributed by atoms with Gasteiger partial charge in [-0.05, 0) is 54.9 Å². The molecule has 0 spiro atoms. The fourth-order valence-electron chi connectivity index (χ4n) is 1.77. The summed E-state index contributed by atoms with van der Waals surface area (Å²) in [6, 6.07) is 15.8. The Balaban J connectivity index is 1.71. The third-order valence-electron chi connectivity index (χ3n) is 2.79. The third-order valence-corrected chi connectivity index (χ3v) is 3.32. The molecular formula is C16H18BrNO2. The van der Waals surface area contributed by atoms with Crippen LogP contribution in [0.15, 0.2) is 53.0 Å². The number of halogens is 1. The van der Waals surface area contributed by atoms with Gasteiger partial charge in [-0.25, -0.2) is 0 Å². The predicted octanol–water partition coefficient (Wildman–Crippen LogP) is 3.41. The number of nitrogens with two attached hydrogens (primary N) is 1. The smallest absolute Gasteiger partial charge is 0.122 e. The van der Waals surface area contributed by atoms with Gasteiger partial charge in [-0.3, -0.25) is 0 Å². The van der Waals surface area contributed by atoms with Crippen molar-refractivity contribution in [1.82, 2.24) is 0 Å². The molecule has 3 nitrogen and oxygen atoms in total. The van der Waals surface area contributed by atoms with Crippen LogP contribution >= 0.6 is 15.9 Å². The van der Waals surface area contributed by atoms with Gasteiger partial charge in [0.2, 0.25) is 0 Å². The fourth-order valence-corrected chi connectivity index (χ4v) is 2.03. The van der Waals surface area contributed by atoms with Crippen molar-refractivity contribution in [2.24, 2.45) is 5.73 Å². The number of hydrogen-bond acceptors (Lipinski definition) is 3. The molecule has 0 radical (unpaired) electrons. The summed E-state index contributed by atoms with van der Waals surface area (Å²) in [5.74, 6) is 1.69. The summed E-state index contributed by atoms with van der Waals surface area (Å²) in [7, 11) is 0. The van der Waals surface area contributed by atoms with Gasteiger partial charge in [0.25, 0.3) is 0 Å². The zero-order valence-electron chi connectivity index (χ0n) is 11.2. The van der Waals surface area contributed by atoms with Crippen molar-refractivity contribution in [3.8, 4) is 11.5 Å². The average Bonchev–Trinajstić information content (AvgIpc) is 2.47. The maximum Gasteiger partial charge on any atom is 0.122 e. The Labute approximate surface area is 127 Å². The van der Waals surface area contributed by atoms with Crippen molar-refractivity contribution >= 4 is 15.9 Å². The lowest BCUT2D eigenvalue weighted by Crippen LogP contribution is -2.09. The van der Waals surface area contributed by atoms with Gasteiger partial charge < -0.3 is 15.2 Å². The summed E-state index contributed by atoms with van der Waals surface area (Å²) in [5, 5.41) is 0. The fraction of sp³-hybridized carbons (Fsp3) is 0.250. The number of rotatable bonds is 7. The lowest BCUT2D eigenvalue weighted by atomic mass is 10.1. The Kier molecular flexibility index (Phi) is 5.89. The van der Waals surface area contributed by atoms with E-state index < -0.39 is 0 Å². The average molecular weight is 336 g/mol. The molecule has 0 unspecified atom stereocenters. The van der Waals surface area contributed by atoms with E-state index in [0.717, 1.165) is 22.4 Å². The van der Waals surface area contributed by atoms with Crippen molar-refractivity contribution in [2.45, 2.75) is 6.42 Å². The maximum atomic E-state index is 5.62. The number of benzene rings is 2. The van der Waals surface area contributed by atoms with Crippen LogP contribution in [0, 0.1) is 0 Å². The van der Waals surface area contributed by atoms with E-state index in [1.165, 1.54) is 5.56 Å². The SMILES string of the molecule is NCCc1ccc(OCCOc2ccc(Br)cc2)cc1. The molecule has 0 saturated heterocycles. The summed E-state index contributed by atoms with van der Waals surface area (Å²) in [6.07, 6.45) is 0.896. The second-order valence-corrected chi connectivity index (χ2v) is 5.25. The van der Waals surface area contributed by atoms with Crippen molar-refractivity contribution < 1.29 is 9.47 Å². The number of hydrogen-bond donors (Lipinski definition) is 1. The molecule has 0 aliphatic heterocycles. The van der Waals surface area contributed by atoms with Crippen LogP contribution in [0.2, 0.25) is 0 Å². The van der Waals surface area contributed by atoms with Crippen molar-refractivity contribution in [2.75, 3.05) is 19.8 Å². The van der Waals surface area contributed by atoms with Gasteiger partial charge in [0.1, 0.15) is 24.7 Å². The van der Waals surface area contributed by atoms with Crippen molar-refractivity contribution in [1.29, 1.82) is 0 Å². The molecule has 0 fully saturated rings. The zero-order chi connectivity index (χ0) is 14.2. The normalized spacial score (nSPS) is 10.3. The Morgan fingerprint density at radius 2 is 1.30 bits per heavy atom. The van der Waals surface area contributed by atoms with Crippen LogP contribution in [0.4, 0.5) is 0 Å². The molecule has 0 bridgehead atoms. The first kappa shape index (κ1) is 14.9. The quantitative estimate of drug-likeness (QED) is 0.788. The highest BCUT2D eigenvalue weighted by molar-refractivity contribution is 9.10. The van der Waals surface area contributed by atoms with Gasteiger partial charge in [0, 0.05) is 4.47 Å². The first-order valence-corrected chi connectivity index (χ1v) is 7.37. The molecule has 0 aliphatic rings. The molecule has 0 heterocycles. The minimum Gasteiger partial charge on any atom is -0.490 e. The molecule has 2 N–H and O–H groups in total. The molecular weight excluding hydrogens is 318 g/mol. The second-order valence-electron chi connectivity index (χ2n) is 4.33. The van der Waals surface area contributed by atoms with Gasteiger partial charge in [-0.2, -0.15) is 0 Å². The molecule has 2 aromatic rings. The number of ether oxygens (including phenoxy) is 2. The van der Waals surface area contributed by atoms with E-state index in [9.17, 15) is 0 Å². The van der Waals surface area contributed by atoms with Gasteiger partial charge >= 0.3 is 0 Å². The van der Waals surface area contributed by atoms with Crippen LogP contribution in [-0.2, 0) is 6.42 Å². The molecule has 0 amide bonds. The molecule has 106 valence electrons. The van der Waals surface area contributed by atoms with Crippen molar-refractivity contribution in [3.05, 3.63) is 58.6 Å². The molecule has 0 saturated carbocycles. The van der Waals surface area contributed by atoms with Crippen LogP contribution in [0.3, 0.4) is 0 Å².